The maximum absolute atomic E-state index is 4.15. The molecule has 2 nitrogen and oxygen atoms in total. The second-order valence-electron chi connectivity index (χ2n) is 4.35. The normalized spacial score (nSPS) is 30.1. The van der Waals surface area contributed by atoms with Crippen LogP contribution >= 0.6 is 0 Å². The van der Waals surface area contributed by atoms with Crippen LogP contribution in [0.15, 0.2) is 24.5 Å². The van der Waals surface area contributed by atoms with Crippen LogP contribution in [0.5, 0.6) is 0 Å². The molecule has 1 saturated carbocycles. The van der Waals surface area contributed by atoms with Crippen molar-refractivity contribution >= 4 is 0 Å². The molecule has 2 rings (SSSR count). The Morgan fingerprint density at radius 3 is 2.69 bits per heavy atom. The molecule has 2 atom stereocenters. The van der Waals surface area contributed by atoms with Crippen LogP contribution in [0.25, 0.3) is 0 Å². The molecule has 0 bridgehead atoms. The van der Waals surface area contributed by atoms with Crippen molar-refractivity contribution in [2.75, 3.05) is 7.05 Å². The van der Waals surface area contributed by atoms with Gasteiger partial charge in [-0.2, -0.15) is 0 Å². The zero-order chi connectivity index (χ0) is 9.47. The topological polar surface area (TPSA) is 24.9 Å². The minimum Gasteiger partial charge on any atom is -0.316 e. The monoisotopic (exact) mass is 176 g/mol. The van der Waals surface area contributed by atoms with E-state index in [4.69, 9.17) is 0 Å². The fourth-order valence-electron chi connectivity index (χ4n) is 2.36. The minimum absolute atomic E-state index is 0.387. The highest BCUT2D eigenvalue weighted by molar-refractivity contribution is 5.32. The molecule has 1 aliphatic rings. The molecule has 70 valence electrons. The van der Waals surface area contributed by atoms with Gasteiger partial charge in [-0.3, -0.25) is 4.98 Å². The third kappa shape index (κ3) is 1.25. The Morgan fingerprint density at radius 1 is 1.46 bits per heavy atom. The Morgan fingerprint density at radius 2 is 2.23 bits per heavy atom. The lowest BCUT2D eigenvalue weighted by atomic mass is 10.1. The van der Waals surface area contributed by atoms with Gasteiger partial charge in [0, 0.05) is 24.4 Å². The van der Waals surface area contributed by atoms with E-state index >= 15 is 0 Å². The highest BCUT2D eigenvalue weighted by Crippen LogP contribution is 2.58. The molecule has 0 spiro atoms. The molecule has 1 aliphatic carbocycles. The zero-order valence-electron chi connectivity index (χ0n) is 8.41. The number of hydrogen-bond acceptors (Lipinski definition) is 2. The summed E-state index contributed by atoms with van der Waals surface area (Å²) in [6.45, 7) is 4.59. The molecule has 0 aromatic carbocycles. The van der Waals surface area contributed by atoms with E-state index < -0.39 is 0 Å². The first-order valence-electron chi connectivity index (χ1n) is 4.75. The Balaban J connectivity index is 2.22. The maximum atomic E-state index is 4.15. The second kappa shape index (κ2) is 2.81. The van der Waals surface area contributed by atoms with Crippen LogP contribution in [-0.4, -0.2) is 18.1 Å². The number of aromatic nitrogens is 1. The number of rotatable bonds is 2. The van der Waals surface area contributed by atoms with Crippen LogP contribution in [-0.2, 0) is 0 Å². The van der Waals surface area contributed by atoms with Crippen molar-refractivity contribution in [1.29, 1.82) is 0 Å². The van der Waals surface area contributed by atoms with Gasteiger partial charge in [0.1, 0.15) is 0 Å². The molecule has 1 fully saturated rings. The molecule has 0 saturated heterocycles. The predicted molar refractivity (Wildman–Crippen MR) is 53.6 cm³/mol. The lowest BCUT2D eigenvalue weighted by molar-refractivity contribution is 0.567. The van der Waals surface area contributed by atoms with Crippen LogP contribution in [0, 0.1) is 5.41 Å². The predicted octanol–water partition coefficient (Wildman–Crippen LogP) is 1.79. The lowest BCUT2D eigenvalue weighted by Gasteiger charge is -2.00. The summed E-state index contributed by atoms with van der Waals surface area (Å²) in [6.07, 6.45) is 3.80. The first kappa shape index (κ1) is 8.70. The third-order valence-corrected chi connectivity index (χ3v) is 3.18. The van der Waals surface area contributed by atoms with E-state index in [-0.39, 0.29) is 0 Å². The highest BCUT2D eigenvalue weighted by Gasteiger charge is 2.57. The molecule has 2 unspecified atom stereocenters. The summed E-state index contributed by atoms with van der Waals surface area (Å²) in [5.74, 6) is 0.631. The number of hydrogen-bond donors (Lipinski definition) is 1. The summed E-state index contributed by atoms with van der Waals surface area (Å²) < 4.78 is 0. The number of pyridine rings is 1. The van der Waals surface area contributed by atoms with Gasteiger partial charge < -0.3 is 5.32 Å². The van der Waals surface area contributed by atoms with Crippen molar-refractivity contribution in [2.45, 2.75) is 25.8 Å². The van der Waals surface area contributed by atoms with E-state index in [0.717, 1.165) is 0 Å². The zero-order valence-corrected chi connectivity index (χ0v) is 8.41. The van der Waals surface area contributed by atoms with E-state index in [1.54, 1.807) is 0 Å². The molecule has 0 aliphatic heterocycles. The van der Waals surface area contributed by atoms with Crippen LogP contribution in [0.3, 0.4) is 0 Å². The Kier molecular flexibility index (Phi) is 1.88. The van der Waals surface area contributed by atoms with Gasteiger partial charge in [0.2, 0.25) is 0 Å². The summed E-state index contributed by atoms with van der Waals surface area (Å²) in [5, 5.41) is 3.35. The standard InChI is InChI=1S/C11H16N2/c1-11(2)9(10(11)12-3)8-5-4-6-13-7-8/h4-7,9-10,12H,1-3H3. The van der Waals surface area contributed by atoms with Gasteiger partial charge in [-0.05, 0) is 24.1 Å². The van der Waals surface area contributed by atoms with Crippen LogP contribution in [0.4, 0.5) is 0 Å². The molecule has 2 heteroatoms. The highest BCUT2D eigenvalue weighted by atomic mass is 15.0. The average Bonchev–Trinajstić information content (AvgIpc) is 2.69. The summed E-state index contributed by atoms with van der Waals surface area (Å²) in [7, 11) is 2.03. The SMILES string of the molecule is CNC1C(c2cccnc2)C1(C)C. The van der Waals surface area contributed by atoms with Gasteiger partial charge in [-0.15, -0.1) is 0 Å². The molecule has 1 aromatic rings. The number of nitrogens with one attached hydrogen (secondary N) is 1. The van der Waals surface area contributed by atoms with Crippen LogP contribution in [0.2, 0.25) is 0 Å². The number of nitrogens with zero attached hydrogens (tertiary/aromatic N) is 1. The van der Waals surface area contributed by atoms with Crippen molar-refractivity contribution < 1.29 is 0 Å². The van der Waals surface area contributed by atoms with Gasteiger partial charge in [-0.1, -0.05) is 19.9 Å². The smallest absolute Gasteiger partial charge is 0.0303 e. The molecule has 1 heterocycles. The fourth-order valence-corrected chi connectivity index (χ4v) is 2.36. The quantitative estimate of drug-likeness (QED) is 0.743. The summed E-state index contributed by atoms with van der Waals surface area (Å²) in [6, 6.07) is 4.78. The van der Waals surface area contributed by atoms with Gasteiger partial charge in [0.25, 0.3) is 0 Å². The number of likely N-dealkylation sites (N-methyl/N-ethyl adjacent to an activating group) is 1. The molecular weight excluding hydrogens is 160 g/mol. The van der Waals surface area contributed by atoms with E-state index in [1.807, 2.05) is 25.5 Å². The first-order valence-corrected chi connectivity index (χ1v) is 4.75. The second-order valence-corrected chi connectivity index (χ2v) is 4.35. The molecule has 1 aromatic heterocycles. The van der Waals surface area contributed by atoms with Crippen LogP contribution < -0.4 is 5.32 Å². The Bertz CT molecular complexity index is 292. The van der Waals surface area contributed by atoms with Crippen molar-refractivity contribution in [3.8, 4) is 0 Å². The Hall–Kier alpha value is -0.890. The van der Waals surface area contributed by atoms with Crippen LogP contribution in [0.1, 0.15) is 25.3 Å². The van der Waals surface area contributed by atoms with Crippen molar-refractivity contribution in [2.24, 2.45) is 5.41 Å². The van der Waals surface area contributed by atoms with Crippen molar-refractivity contribution in [3.05, 3.63) is 30.1 Å². The summed E-state index contributed by atoms with van der Waals surface area (Å²) in [4.78, 5) is 4.15. The van der Waals surface area contributed by atoms with Crippen molar-refractivity contribution in [1.82, 2.24) is 10.3 Å². The van der Waals surface area contributed by atoms with Gasteiger partial charge in [0.05, 0.1) is 0 Å². The first-order chi connectivity index (χ1) is 6.18. The van der Waals surface area contributed by atoms with Gasteiger partial charge in [0.15, 0.2) is 0 Å². The fraction of sp³-hybridized carbons (Fsp3) is 0.545. The lowest BCUT2D eigenvalue weighted by Crippen LogP contribution is -2.14. The van der Waals surface area contributed by atoms with E-state index in [9.17, 15) is 0 Å². The van der Waals surface area contributed by atoms with E-state index in [1.165, 1.54) is 5.56 Å². The third-order valence-electron chi connectivity index (χ3n) is 3.18. The molecule has 13 heavy (non-hydrogen) atoms. The van der Waals surface area contributed by atoms with E-state index in [2.05, 4.69) is 30.2 Å². The summed E-state index contributed by atoms with van der Waals surface area (Å²) in [5.41, 5.74) is 1.74. The molecule has 0 amide bonds. The molecule has 0 radical (unpaired) electrons. The van der Waals surface area contributed by atoms with Crippen molar-refractivity contribution in [3.63, 3.8) is 0 Å². The van der Waals surface area contributed by atoms with Gasteiger partial charge >= 0.3 is 0 Å². The van der Waals surface area contributed by atoms with Gasteiger partial charge in [-0.25, -0.2) is 0 Å². The molecule has 1 N–H and O–H groups in total. The molecular formula is C11H16N2. The van der Waals surface area contributed by atoms with E-state index in [0.29, 0.717) is 17.4 Å². The minimum atomic E-state index is 0.387. The largest absolute Gasteiger partial charge is 0.316 e. The summed E-state index contributed by atoms with van der Waals surface area (Å²) >= 11 is 0. The maximum Gasteiger partial charge on any atom is 0.0303 e. The average molecular weight is 176 g/mol. The Labute approximate surface area is 79.4 Å².